The fourth-order valence-electron chi connectivity index (χ4n) is 1.72. The van der Waals surface area contributed by atoms with Crippen LogP contribution in [0.3, 0.4) is 0 Å². The second kappa shape index (κ2) is 8.51. The lowest BCUT2D eigenvalue weighted by atomic mass is 10.2. The summed E-state index contributed by atoms with van der Waals surface area (Å²) >= 11 is 7.20. The first-order chi connectivity index (χ1) is 9.12. The molecule has 0 spiro atoms. The number of halogens is 1. The second-order valence-corrected chi connectivity index (χ2v) is 5.59. The highest BCUT2D eigenvalue weighted by Gasteiger charge is 2.19. The summed E-state index contributed by atoms with van der Waals surface area (Å²) < 4.78 is 5.06. The predicted molar refractivity (Wildman–Crippen MR) is 78.7 cm³/mol. The van der Waals surface area contributed by atoms with Gasteiger partial charge in [-0.15, -0.1) is 22.9 Å². The molecule has 108 valence electrons. The average Bonchev–Trinajstić information content (AvgIpc) is 2.86. The van der Waals surface area contributed by atoms with Crippen molar-refractivity contribution >= 4 is 28.8 Å². The van der Waals surface area contributed by atoms with Crippen molar-refractivity contribution in [3.8, 4) is 0 Å². The monoisotopic (exact) mass is 304 g/mol. The summed E-state index contributed by atoms with van der Waals surface area (Å²) in [6, 6.07) is 0.218. The summed E-state index contributed by atoms with van der Waals surface area (Å²) in [5.74, 6) is 0.491. The third-order valence-electron chi connectivity index (χ3n) is 3.02. The van der Waals surface area contributed by atoms with Gasteiger partial charge in [-0.1, -0.05) is 6.92 Å². The number of amides is 1. The molecule has 19 heavy (non-hydrogen) atoms. The lowest BCUT2D eigenvalue weighted by molar-refractivity contribution is -0.133. The molecule has 0 aliphatic carbocycles. The number of hydrogen-bond acceptors (Lipinski definition) is 4. The standard InChI is InChI=1S/C13H21ClN2O2S/c1-4-10(2)16(5-6-18-3)13(17)7-12-15-11(8-14)9-19-12/h9-10H,4-8H2,1-3H3. The maximum atomic E-state index is 12.3. The third kappa shape index (κ3) is 5.09. The maximum absolute atomic E-state index is 12.3. The zero-order valence-corrected chi connectivity index (χ0v) is 13.3. The highest BCUT2D eigenvalue weighted by molar-refractivity contribution is 7.09. The Morgan fingerprint density at radius 3 is 2.89 bits per heavy atom. The Labute approximate surface area is 123 Å². The molecule has 1 unspecified atom stereocenters. The fourth-order valence-corrected chi connectivity index (χ4v) is 2.74. The number of carbonyl (C=O) groups is 1. The molecule has 1 amide bonds. The van der Waals surface area contributed by atoms with E-state index in [-0.39, 0.29) is 11.9 Å². The van der Waals surface area contributed by atoms with Crippen LogP contribution in [0.15, 0.2) is 5.38 Å². The zero-order valence-electron chi connectivity index (χ0n) is 11.7. The van der Waals surface area contributed by atoms with E-state index in [4.69, 9.17) is 16.3 Å². The maximum Gasteiger partial charge on any atom is 0.229 e. The van der Waals surface area contributed by atoms with Crippen LogP contribution in [0, 0.1) is 0 Å². The predicted octanol–water partition coefficient (Wildman–Crippen LogP) is 2.70. The normalized spacial score (nSPS) is 12.4. The average molecular weight is 305 g/mol. The van der Waals surface area contributed by atoms with Gasteiger partial charge in [0.05, 0.1) is 24.6 Å². The minimum Gasteiger partial charge on any atom is -0.383 e. The molecular weight excluding hydrogens is 284 g/mol. The molecule has 0 aliphatic rings. The number of rotatable bonds is 8. The van der Waals surface area contributed by atoms with Crippen LogP contribution >= 0.6 is 22.9 Å². The van der Waals surface area contributed by atoms with Gasteiger partial charge in [0.1, 0.15) is 5.01 Å². The zero-order chi connectivity index (χ0) is 14.3. The van der Waals surface area contributed by atoms with Crippen molar-refractivity contribution in [3.05, 3.63) is 16.1 Å². The molecule has 1 aromatic rings. The molecule has 0 saturated carbocycles. The van der Waals surface area contributed by atoms with Gasteiger partial charge in [0.15, 0.2) is 0 Å². The first-order valence-electron chi connectivity index (χ1n) is 6.40. The molecule has 4 nitrogen and oxygen atoms in total. The van der Waals surface area contributed by atoms with E-state index in [1.807, 2.05) is 10.3 Å². The van der Waals surface area contributed by atoms with E-state index < -0.39 is 0 Å². The van der Waals surface area contributed by atoms with Gasteiger partial charge >= 0.3 is 0 Å². The molecule has 1 atom stereocenters. The number of nitrogens with zero attached hydrogens (tertiary/aromatic N) is 2. The Kier molecular flexibility index (Phi) is 7.34. The second-order valence-electron chi connectivity index (χ2n) is 4.38. The number of alkyl halides is 1. The van der Waals surface area contributed by atoms with Crippen LogP contribution in [0.2, 0.25) is 0 Å². The molecular formula is C13H21ClN2O2S. The molecule has 6 heteroatoms. The largest absolute Gasteiger partial charge is 0.383 e. The van der Waals surface area contributed by atoms with Crippen molar-refractivity contribution < 1.29 is 9.53 Å². The lowest BCUT2D eigenvalue weighted by Gasteiger charge is -2.28. The number of thiazole rings is 1. The summed E-state index contributed by atoms with van der Waals surface area (Å²) in [6.45, 7) is 5.31. The number of hydrogen-bond donors (Lipinski definition) is 0. The summed E-state index contributed by atoms with van der Waals surface area (Å²) in [6.07, 6.45) is 1.27. The minimum atomic E-state index is 0.0990. The smallest absolute Gasteiger partial charge is 0.229 e. The Bertz CT molecular complexity index is 398. The van der Waals surface area contributed by atoms with Crippen molar-refractivity contribution in [3.63, 3.8) is 0 Å². The lowest BCUT2D eigenvalue weighted by Crippen LogP contribution is -2.41. The Morgan fingerprint density at radius 2 is 2.37 bits per heavy atom. The van der Waals surface area contributed by atoms with Crippen LogP contribution in [-0.4, -0.2) is 42.1 Å². The quantitative estimate of drug-likeness (QED) is 0.694. The van der Waals surface area contributed by atoms with Crippen molar-refractivity contribution in [1.29, 1.82) is 0 Å². The van der Waals surface area contributed by atoms with E-state index >= 15 is 0 Å². The Hall–Kier alpha value is -0.650. The Morgan fingerprint density at radius 1 is 1.63 bits per heavy atom. The molecule has 0 bridgehead atoms. The van der Waals surface area contributed by atoms with Crippen LogP contribution in [0.25, 0.3) is 0 Å². The molecule has 0 fully saturated rings. The molecule has 0 aliphatic heterocycles. The van der Waals surface area contributed by atoms with Crippen LogP contribution in [0.5, 0.6) is 0 Å². The number of methoxy groups -OCH3 is 1. The SMILES string of the molecule is CCC(C)N(CCOC)C(=O)Cc1nc(CCl)cs1. The van der Waals surface area contributed by atoms with Gasteiger partial charge < -0.3 is 9.64 Å². The van der Waals surface area contributed by atoms with Crippen molar-refractivity contribution in [2.24, 2.45) is 0 Å². The Balaban J connectivity index is 2.64. The van der Waals surface area contributed by atoms with Gasteiger partial charge in [-0.25, -0.2) is 4.98 Å². The van der Waals surface area contributed by atoms with E-state index in [9.17, 15) is 4.79 Å². The summed E-state index contributed by atoms with van der Waals surface area (Å²) in [4.78, 5) is 18.5. The van der Waals surface area contributed by atoms with Gasteiger partial charge in [0, 0.05) is 25.1 Å². The van der Waals surface area contributed by atoms with Crippen LogP contribution in [0.4, 0.5) is 0 Å². The van der Waals surface area contributed by atoms with Gasteiger partial charge in [0.25, 0.3) is 0 Å². The molecule has 0 aromatic carbocycles. The minimum absolute atomic E-state index is 0.0990. The van der Waals surface area contributed by atoms with Crippen LogP contribution in [-0.2, 0) is 21.8 Å². The van der Waals surface area contributed by atoms with E-state index in [0.717, 1.165) is 17.1 Å². The number of carbonyl (C=O) groups excluding carboxylic acids is 1. The number of ether oxygens (including phenoxy) is 1. The summed E-state index contributed by atoms with van der Waals surface area (Å²) in [5, 5.41) is 2.73. The third-order valence-corrected chi connectivity index (χ3v) is 4.19. The van der Waals surface area contributed by atoms with E-state index in [0.29, 0.717) is 25.5 Å². The van der Waals surface area contributed by atoms with Crippen molar-refractivity contribution in [2.45, 2.75) is 38.6 Å². The van der Waals surface area contributed by atoms with E-state index in [1.54, 1.807) is 7.11 Å². The van der Waals surface area contributed by atoms with Gasteiger partial charge in [-0.3, -0.25) is 4.79 Å². The van der Waals surface area contributed by atoms with Gasteiger partial charge in [-0.05, 0) is 13.3 Å². The molecule has 1 aromatic heterocycles. The first kappa shape index (κ1) is 16.4. The molecule has 1 heterocycles. The van der Waals surface area contributed by atoms with Gasteiger partial charge in [-0.2, -0.15) is 0 Å². The fraction of sp³-hybridized carbons (Fsp3) is 0.692. The highest BCUT2D eigenvalue weighted by Crippen LogP contribution is 2.14. The van der Waals surface area contributed by atoms with Crippen molar-refractivity contribution in [1.82, 2.24) is 9.88 Å². The molecule has 0 N–H and O–H groups in total. The van der Waals surface area contributed by atoms with Crippen LogP contribution < -0.4 is 0 Å². The molecule has 0 radical (unpaired) electrons. The highest BCUT2D eigenvalue weighted by atomic mass is 35.5. The summed E-state index contributed by atoms with van der Waals surface area (Å²) in [7, 11) is 1.65. The molecule has 0 saturated heterocycles. The number of aromatic nitrogens is 1. The molecule has 1 rings (SSSR count). The first-order valence-corrected chi connectivity index (χ1v) is 7.81. The van der Waals surface area contributed by atoms with E-state index in [1.165, 1.54) is 11.3 Å². The van der Waals surface area contributed by atoms with E-state index in [2.05, 4.69) is 18.8 Å². The van der Waals surface area contributed by atoms with Gasteiger partial charge in [0.2, 0.25) is 5.91 Å². The summed E-state index contributed by atoms with van der Waals surface area (Å²) in [5.41, 5.74) is 0.835. The topological polar surface area (TPSA) is 42.4 Å². The van der Waals surface area contributed by atoms with Crippen molar-refractivity contribution in [2.75, 3.05) is 20.3 Å². The van der Waals surface area contributed by atoms with Crippen LogP contribution in [0.1, 0.15) is 31.0 Å².